The number of fused-ring (bicyclic) bond motifs is 1. The molecule has 0 unspecified atom stereocenters. The predicted octanol–water partition coefficient (Wildman–Crippen LogP) is 2.74. The SMILES string of the molecule is O=C(ON=C1Sc2ccccc2C1=O)c1ccco1. The van der Waals surface area contributed by atoms with Crippen LogP contribution in [0.5, 0.6) is 0 Å². The van der Waals surface area contributed by atoms with Gasteiger partial charge in [-0.3, -0.25) is 4.79 Å². The quantitative estimate of drug-likeness (QED) is 0.621. The second-order valence-corrected chi connectivity index (χ2v) is 4.71. The zero-order chi connectivity index (χ0) is 13.2. The Morgan fingerprint density at radius 2 is 2.05 bits per heavy atom. The molecule has 0 saturated heterocycles. The van der Waals surface area contributed by atoms with E-state index in [1.54, 1.807) is 18.2 Å². The van der Waals surface area contributed by atoms with Crippen LogP contribution < -0.4 is 0 Å². The van der Waals surface area contributed by atoms with E-state index in [0.717, 1.165) is 4.90 Å². The van der Waals surface area contributed by atoms with E-state index in [0.29, 0.717) is 5.56 Å². The van der Waals surface area contributed by atoms with E-state index >= 15 is 0 Å². The molecule has 2 heterocycles. The van der Waals surface area contributed by atoms with Crippen LogP contribution in [0.4, 0.5) is 0 Å². The lowest BCUT2D eigenvalue weighted by atomic mass is 10.1. The number of ketones is 1. The third-order valence-corrected chi connectivity index (χ3v) is 3.50. The van der Waals surface area contributed by atoms with Gasteiger partial charge >= 0.3 is 5.97 Å². The smallest absolute Gasteiger partial charge is 0.400 e. The predicted molar refractivity (Wildman–Crippen MR) is 68.2 cm³/mol. The number of thioether (sulfide) groups is 1. The Hall–Kier alpha value is -2.34. The minimum atomic E-state index is -0.734. The first kappa shape index (κ1) is 11.7. The first-order chi connectivity index (χ1) is 9.25. The van der Waals surface area contributed by atoms with Crippen molar-refractivity contribution in [2.24, 2.45) is 5.16 Å². The molecule has 0 radical (unpaired) electrons. The Balaban J connectivity index is 1.77. The summed E-state index contributed by atoms with van der Waals surface area (Å²) in [4.78, 5) is 28.9. The molecule has 19 heavy (non-hydrogen) atoms. The van der Waals surface area contributed by atoms with E-state index < -0.39 is 5.97 Å². The fourth-order valence-corrected chi connectivity index (χ4v) is 2.49. The van der Waals surface area contributed by atoms with Crippen LogP contribution in [0, 0.1) is 0 Å². The van der Waals surface area contributed by atoms with Gasteiger partial charge in [0.1, 0.15) is 0 Å². The number of rotatable bonds is 2. The summed E-state index contributed by atoms with van der Waals surface area (Å²) < 4.78 is 4.86. The third kappa shape index (κ3) is 2.17. The number of carbonyl (C=O) groups is 2. The number of hydrogen-bond donors (Lipinski definition) is 0. The summed E-state index contributed by atoms with van der Waals surface area (Å²) in [7, 11) is 0. The minimum Gasteiger partial charge on any atom is -0.457 e. The van der Waals surface area contributed by atoms with Crippen molar-refractivity contribution in [1.82, 2.24) is 0 Å². The Morgan fingerprint density at radius 1 is 1.21 bits per heavy atom. The van der Waals surface area contributed by atoms with Gasteiger partial charge in [0.15, 0.2) is 5.04 Å². The highest BCUT2D eigenvalue weighted by Crippen LogP contribution is 2.33. The molecule has 3 rings (SSSR count). The lowest BCUT2D eigenvalue weighted by Gasteiger charge is -1.94. The zero-order valence-electron chi connectivity index (χ0n) is 9.53. The molecule has 0 spiro atoms. The van der Waals surface area contributed by atoms with Crippen LogP contribution in [0.15, 0.2) is 57.1 Å². The van der Waals surface area contributed by atoms with E-state index in [9.17, 15) is 9.59 Å². The van der Waals surface area contributed by atoms with Gasteiger partial charge in [0.05, 0.1) is 6.26 Å². The highest BCUT2D eigenvalue weighted by Gasteiger charge is 2.28. The Labute approximate surface area is 112 Å². The monoisotopic (exact) mass is 273 g/mol. The summed E-state index contributed by atoms with van der Waals surface area (Å²) >= 11 is 1.18. The van der Waals surface area contributed by atoms with Crippen molar-refractivity contribution < 1.29 is 18.8 Å². The normalized spacial score (nSPS) is 15.6. The number of Topliss-reactive ketones (excluding diaryl/α,β-unsaturated/α-hetero) is 1. The fourth-order valence-electron chi connectivity index (χ4n) is 1.59. The maximum absolute atomic E-state index is 11.9. The first-order valence-electron chi connectivity index (χ1n) is 5.40. The van der Waals surface area contributed by atoms with Gasteiger partial charge in [-0.25, -0.2) is 4.79 Å². The Bertz CT molecular complexity index is 676. The lowest BCUT2D eigenvalue weighted by molar-refractivity contribution is 0.0481. The van der Waals surface area contributed by atoms with Crippen molar-refractivity contribution in [2.75, 3.05) is 0 Å². The molecular formula is C13H7NO4S. The number of oxime groups is 1. The van der Waals surface area contributed by atoms with Gasteiger partial charge in [-0.05, 0) is 24.3 Å². The van der Waals surface area contributed by atoms with Crippen LogP contribution in [-0.4, -0.2) is 16.8 Å². The van der Waals surface area contributed by atoms with Gasteiger partial charge in [0, 0.05) is 10.5 Å². The Morgan fingerprint density at radius 3 is 2.79 bits per heavy atom. The number of benzene rings is 1. The summed E-state index contributed by atoms with van der Waals surface area (Å²) in [6.45, 7) is 0. The van der Waals surface area contributed by atoms with Crippen LogP contribution in [-0.2, 0) is 4.84 Å². The Kier molecular flexibility index (Phi) is 2.92. The molecule has 0 saturated carbocycles. The molecular weight excluding hydrogens is 266 g/mol. The van der Waals surface area contributed by atoms with Crippen molar-refractivity contribution in [3.05, 3.63) is 54.0 Å². The third-order valence-electron chi connectivity index (χ3n) is 2.47. The van der Waals surface area contributed by atoms with Crippen molar-refractivity contribution >= 4 is 28.6 Å². The number of nitrogens with zero attached hydrogens (tertiary/aromatic N) is 1. The average molecular weight is 273 g/mol. The van der Waals surface area contributed by atoms with Gasteiger partial charge in [0.2, 0.25) is 11.5 Å². The molecule has 0 amide bonds. The first-order valence-corrected chi connectivity index (χ1v) is 6.22. The van der Waals surface area contributed by atoms with Gasteiger partial charge < -0.3 is 9.25 Å². The van der Waals surface area contributed by atoms with E-state index in [4.69, 9.17) is 4.42 Å². The van der Waals surface area contributed by atoms with E-state index in [1.165, 1.54) is 24.1 Å². The number of furan rings is 1. The standard InChI is InChI=1S/C13H7NO4S/c15-11-8-4-1-2-6-10(8)19-12(11)14-18-13(16)9-5-3-7-17-9/h1-7H. The van der Waals surface area contributed by atoms with Gasteiger partial charge in [-0.2, -0.15) is 0 Å². The summed E-state index contributed by atoms with van der Waals surface area (Å²) in [5.41, 5.74) is 0.570. The van der Waals surface area contributed by atoms with Crippen LogP contribution >= 0.6 is 11.8 Å². The van der Waals surface area contributed by atoms with E-state index in [1.807, 2.05) is 12.1 Å². The maximum Gasteiger partial charge on any atom is 0.400 e. The van der Waals surface area contributed by atoms with Crippen LogP contribution in [0.25, 0.3) is 0 Å². The van der Waals surface area contributed by atoms with Gasteiger partial charge in [-0.15, -0.1) is 0 Å². The van der Waals surface area contributed by atoms with Crippen molar-refractivity contribution in [3.63, 3.8) is 0 Å². The van der Waals surface area contributed by atoms with Crippen LogP contribution in [0.2, 0.25) is 0 Å². The molecule has 0 N–H and O–H groups in total. The van der Waals surface area contributed by atoms with E-state index in [2.05, 4.69) is 9.99 Å². The lowest BCUT2D eigenvalue weighted by Crippen LogP contribution is -2.07. The highest BCUT2D eigenvalue weighted by molar-refractivity contribution is 8.16. The molecule has 94 valence electrons. The van der Waals surface area contributed by atoms with Crippen molar-refractivity contribution in [3.8, 4) is 0 Å². The van der Waals surface area contributed by atoms with Crippen molar-refractivity contribution in [1.29, 1.82) is 0 Å². The molecule has 1 aromatic heterocycles. The molecule has 0 aliphatic carbocycles. The highest BCUT2D eigenvalue weighted by atomic mass is 32.2. The summed E-state index contributed by atoms with van der Waals surface area (Å²) in [6, 6.07) is 10.2. The molecule has 0 atom stereocenters. The zero-order valence-corrected chi connectivity index (χ0v) is 10.3. The van der Waals surface area contributed by atoms with Crippen LogP contribution in [0.1, 0.15) is 20.9 Å². The molecule has 6 heteroatoms. The second-order valence-electron chi connectivity index (χ2n) is 3.68. The summed E-state index contributed by atoms with van der Waals surface area (Å²) in [5.74, 6) is -0.938. The number of carbonyl (C=O) groups excluding carboxylic acids is 2. The second kappa shape index (κ2) is 4.74. The van der Waals surface area contributed by atoms with Gasteiger partial charge in [0.25, 0.3) is 0 Å². The minimum absolute atomic E-state index is 0.0392. The largest absolute Gasteiger partial charge is 0.457 e. The van der Waals surface area contributed by atoms with Crippen molar-refractivity contribution in [2.45, 2.75) is 4.90 Å². The molecule has 0 bridgehead atoms. The maximum atomic E-state index is 11.9. The summed E-state index contributed by atoms with van der Waals surface area (Å²) in [6.07, 6.45) is 1.36. The summed E-state index contributed by atoms with van der Waals surface area (Å²) in [5, 5.41) is 3.74. The molecule has 0 fully saturated rings. The molecule has 1 aliphatic rings. The molecule has 2 aromatic rings. The average Bonchev–Trinajstić information content (AvgIpc) is 3.05. The van der Waals surface area contributed by atoms with Crippen LogP contribution in [0.3, 0.4) is 0 Å². The topological polar surface area (TPSA) is 68.9 Å². The molecule has 5 nitrogen and oxygen atoms in total. The number of hydrogen-bond acceptors (Lipinski definition) is 6. The van der Waals surface area contributed by atoms with E-state index in [-0.39, 0.29) is 16.6 Å². The molecule has 1 aliphatic heterocycles. The fraction of sp³-hybridized carbons (Fsp3) is 0. The molecule has 1 aromatic carbocycles. The van der Waals surface area contributed by atoms with Gasteiger partial charge in [-0.1, -0.05) is 29.1 Å².